The van der Waals surface area contributed by atoms with Crippen LogP contribution >= 0.6 is 0 Å². The Hall–Kier alpha value is -0.400. The number of aliphatic hydroxyl groups is 1. The summed E-state index contributed by atoms with van der Waals surface area (Å²) in [7, 11) is 0. The Bertz CT molecular complexity index is 303. The number of aliphatic hydroxyl groups excluding tert-OH is 1. The summed E-state index contributed by atoms with van der Waals surface area (Å²) >= 11 is 0. The van der Waals surface area contributed by atoms with Gasteiger partial charge in [-0.15, -0.1) is 0 Å². The first kappa shape index (κ1) is 26.6. The minimum atomic E-state index is -0.190. The van der Waals surface area contributed by atoms with E-state index in [-0.39, 0.29) is 12.7 Å². The van der Waals surface area contributed by atoms with E-state index in [1.807, 2.05) is 0 Å². The zero-order chi connectivity index (χ0) is 20.7. The van der Waals surface area contributed by atoms with Crippen molar-refractivity contribution in [2.24, 2.45) is 0 Å². The maximum Gasteiger partial charge on any atom is 0.104 e. The Morgan fingerprint density at radius 3 is 1.55 bits per heavy atom. The van der Waals surface area contributed by atoms with Gasteiger partial charge in [0.25, 0.3) is 0 Å². The fraction of sp³-hybridized carbons (Fsp3) is 1.00. The highest BCUT2D eigenvalue weighted by Crippen LogP contribution is 1.97. The molecule has 1 atom stereocenters. The standard InChI is InChI=1S/C19H38O10/c20-1-2-21-3-4-24-11-13-27-17-19-18-28-14-12-25-8-7-22-5-6-23-9-10-26-15-16-29-19/h19-20H,1-18H2. The summed E-state index contributed by atoms with van der Waals surface area (Å²) in [4.78, 5) is 0. The first-order valence-electron chi connectivity index (χ1n) is 10.3. The van der Waals surface area contributed by atoms with Gasteiger partial charge in [0.2, 0.25) is 0 Å². The minimum Gasteiger partial charge on any atom is -0.394 e. The van der Waals surface area contributed by atoms with E-state index in [0.717, 1.165) is 0 Å². The van der Waals surface area contributed by atoms with Crippen molar-refractivity contribution in [3.8, 4) is 0 Å². The van der Waals surface area contributed by atoms with Gasteiger partial charge in [0.1, 0.15) is 6.10 Å². The van der Waals surface area contributed by atoms with Gasteiger partial charge in [-0.2, -0.15) is 0 Å². The van der Waals surface area contributed by atoms with Crippen molar-refractivity contribution in [2.45, 2.75) is 6.10 Å². The van der Waals surface area contributed by atoms with E-state index < -0.39 is 0 Å². The Morgan fingerprint density at radius 2 is 1.00 bits per heavy atom. The van der Waals surface area contributed by atoms with Crippen molar-refractivity contribution >= 4 is 0 Å². The Labute approximate surface area is 173 Å². The molecule has 0 aliphatic carbocycles. The van der Waals surface area contributed by atoms with Gasteiger partial charge in [-0.3, -0.25) is 0 Å². The van der Waals surface area contributed by atoms with E-state index >= 15 is 0 Å². The van der Waals surface area contributed by atoms with Crippen LogP contribution in [0, 0.1) is 0 Å². The zero-order valence-corrected chi connectivity index (χ0v) is 17.4. The average molecular weight is 427 g/mol. The minimum absolute atomic E-state index is 0.0198. The van der Waals surface area contributed by atoms with Crippen molar-refractivity contribution in [2.75, 3.05) is 119 Å². The highest BCUT2D eigenvalue weighted by atomic mass is 16.6. The first-order chi connectivity index (χ1) is 14.4. The van der Waals surface area contributed by atoms with Gasteiger partial charge >= 0.3 is 0 Å². The van der Waals surface area contributed by atoms with Crippen molar-refractivity contribution < 1.29 is 47.7 Å². The molecule has 10 heteroatoms. The summed E-state index contributed by atoms with van der Waals surface area (Å²) < 4.78 is 49.3. The van der Waals surface area contributed by atoms with Crippen molar-refractivity contribution in [3.05, 3.63) is 0 Å². The van der Waals surface area contributed by atoms with Crippen molar-refractivity contribution in [3.63, 3.8) is 0 Å². The molecule has 1 rings (SSSR count). The van der Waals surface area contributed by atoms with Crippen LogP contribution in [-0.2, 0) is 42.6 Å². The fourth-order valence-electron chi connectivity index (χ4n) is 2.23. The maximum absolute atomic E-state index is 8.60. The lowest BCUT2D eigenvalue weighted by Crippen LogP contribution is -2.29. The summed E-state index contributed by atoms with van der Waals surface area (Å²) in [5.41, 5.74) is 0. The molecule has 0 bridgehead atoms. The monoisotopic (exact) mass is 426 g/mol. The predicted octanol–water partition coefficient (Wildman–Crippen LogP) is -0.490. The Kier molecular flexibility index (Phi) is 20.5. The lowest BCUT2D eigenvalue weighted by atomic mass is 10.4. The number of hydrogen-bond acceptors (Lipinski definition) is 10. The predicted molar refractivity (Wildman–Crippen MR) is 103 cm³/mol. The lowest BCUT2D eigenvalue weighted by molar-refractivity contribution is -0.0890. The molecule has 1 saturated heterocycles. The molecule has 1 fully saturated rings. The number of rotatable bonds is 10. The van der Waals surface area contributed by atoms with Gasteiger partial charge in [-0.1, -0.05) is 0 Å². The van der Waals surface area contributed by atoms with Crippen LogP contribution in [-0.4, -0.2) is 130 Å². The molecule has 0 radical (unpaired) electrons. The Morgan fingerprint density at radius 1 is 0.552 bits per heavy atom. The van der Waals surface area contributed by atoms with Crippen LogP contribution in [0.2, 0.25) is 0 Å². The van der Waals surface area contributed by atoms with E-state index in [2.05, 4.69) is 0 Å². The van der Waals surface area contributed by atoms with E-state index in [1.165, 1.54) is 0 Å². The highest BCUT2D eigenvalue weighted by Gasteiger charge is 2.10. The van der Waals surface area contributed by atoms with Gasteiger partial charge in [0, 0.05) is 0 Å². The van der Waals surface area contributed by atoms with E-state index in [0.29, 0.717) is 112 Å². The second-order valence-corrected chi connectivity index (χ2v) is 6.04. The van der Waals surface area contributed by atoms with Crippen LogP contribution in [0.15, 0.2) is 0 Å². The molecule has 0 aromatic carbocycles. The van der Waals surface area contributed by atoms with Crippen molar-refractivity contribution in [1.82, 2.24) is 0 Å². The van der Waals surface area contributed by atoms with Crippen LogP contribution in [0.25, 0.3) is 0 Å². The summed E-state index contributed by atoms with van der Waals surface area (Å²) in [6, 6.07) is 0. The lowest BCUT2D eigenvalue weighted by Gasteiger charge is -2.19. The molecule has 0 spiro atoms. The average Bonchev–Trinajstić information content (AvgIpc) is 2.73. The molecule has 10 nitrogen and oxygen atoms in total. The number of hydrogen-bond donors (Lipinski definition) is 1. The van der Waals surface area contributed by atoms with Gasteiger partial charge in [-0.05, 0) is 0 Å². The molecule has 1 aliphatic heterocycles. The fourth-order valence-corrected chi connectivity index (χ4v) is 2.23. The van der Waals surface area contributed by atoms with Gasteiger partial charge < -0.3 is 47.7 Å². The van der Waals surface area contributed by atoms with E-state index in [1.54, 1.807) is 0 Å². The Balaban J connectivity index is 2.13. The zero-order valence-electron chi connectivity index (χ0n) is 17.4. The van der Waals surface area contributed by atoms with Gasteiger partial charge in [0.05, 0.1) is 119 Å². The quantitative estimate of drug-likeness (QED) is 0.460. The van der Waals surface area contributed by atoms with Crippen LogP contribution in [0.5, 0.6) is 0 Å². The second-order valence-electron chi connectivity index (χ2n) is 6.04. The molecular weight excluding hydrogens is 388 g/mol. The largest absolute Gasteiger partial charge is 0.394 e. The molecular formula is C19H38O10. The van der Waals surface area contributed by atoms with E-state index in [4.69, 9.17) is 47.7 Å². The molecule has 1 N–H and O–H groups in total. The summed E-state index contributed by atoms with van der Waals surface area (Å²) in [6.07, 6.45) is -0.190. The third kappa shape index (κ3) is 19.3. The molecule has 0 aromatic rings. The molecule has 1 unspecified atom stereocenters. The third-order valence-electron chi connectivity index (χ3n) is 3.66. The molecule has 0 saturated carbocycles. The van der Waals surface area contributed by atoms with Crippen LogP contribution in [0.1, 0.15) is 0 Å². The van der Waals surface area contributed by atoms with Gasteiger partial charge in [-0.25, -0.2) is 0 Å². The first-order valence-corrected chi connectivity index (χ1v) is 10.3. The number of ether oxygens (including phenoxy) is 9. The summed E-state index contributed by atoms with van der Waals surface area (Å²) in [5.74, 6) is 0. The van der Waals surface area contributed by atoms with Crippen LogP contribution < -0.4 is 0 Å². The maximum atomic E-state index is 8.60. The third-order valence-corrected chi connectivity index (χ3v) is 3.66. The summed E-state index contributed by atoms with van der Waals surface area (Å²) in [5, 5.41) is 8.60. The smallest absolute Gasteiger partial charge is 0.104 e. The van der Waals surface area contributed by atoms with Crippen molar-refractivity contribution in [1.29, 1.82) is 0 Å². The van der Waals surface area contributed by atoms with E-state index in [9.17, 15) is 0 Å². The summed E-state index contributed by atoms with van der Waals surface area (Å²) in [6.45, 7) is 8.14. The molecule has 1 aliphatic rings. The van der Waals surface area contributed by atoms with Crippen LogP contribution in [0.3, 0.4) is 0 Å². The normalized spacial score (nSPS) is 22.0. The second kappa shape index (κ2) is 22.3. The molecule has 29 heavy (non-hydrogen) atoms. The highest BCUT2D eigenvalue weighted by molar-refractivity contribution is 4.56. The molecule has 174 valence electrons. The topological polar surface area (TPSA) is 103 Å². The van der Waals surface area contributed by atoms with Gasteiger partial charge in [0.15, 0.2) is 0 Å². The molecule has 0 aromatic heterocycles. The molecule has 1 heterocycles. The molecule has 0 amide bonds. The van der Waals surface area contributed by atoms with Crippen LogP contribution in [0.4, 0.5) is 0 Å². The SMILES string of the molecule is OCCOCCOCCOCC1COCCOCCOCCOCCOCCO1.